The minimum absolute atomic E-state index is 0.451. The van der Waals surface area contributed by atoms with Gasteiger partial charge in [-0.2, -0.15) is 0 Å². The van der Waals surface area contributed by atoms with Crippen molar-refractivity contribution in [3.63, 3.8) is 0 Å². The van der Waals surface area contributed by atoms with Crippen molar-refractivity contribution in [2.75, 3.05) is 33.3 Å². The monoisotopic (exact) mass is 344 g/mol. The van der Waals surface area contributed by atoms with Crippen LogP contribution >= 0.6 is 0 Å². The maximum Gasteiger partial charge on any atom is 0.191 e. The van der Waals surface area contributed by atoms with Gasteiger partial charge in [0.2, 0.25) is 0 Å². The van der Waals surface area contributed by atoms with E-state index >= 15 is 0 Å². The molecule has 2 N–H and O–H groups in total. The Bertz CT molecular complexity index is 559. The number of ether oxygens (including phenoxy) is 1. The third-order valence-corrected chi connectivity index (χ3v) is 4.55. The van der Waals surface area contributed by atoms with Crippen molar-refractivity contribution in [1.29, 1.82) is 0 Å². The highest BCUT2D eigenvalue weighted by atomic mass is 16.5. The smallest absolute Gasteiger partial charge is 0.191 e. The van der Waals surface area contributed by atoms with E-state index in [9.17, 15) is 0 Å². The van der Waals surface area contributed by atoms with Gasteiger partial charge in [-0.1, -0.05) is 44.2 Å². The molecule has 0 saturated carbocycles. The van der Waals surface area contributed by atoms with Crippen LogP contribution in [-0.2, 0) is 6.54 Å². The van der Waals surface area contributed by atoms with Crippen LogP contribution in [0.2, 0.25) is 0 Å². The van der Waals surface area contributed by atoms with Crippen molar-refractivity contribution in [2.24, 2.45) is 4.99 Å². The number of benzene rings is 1. The molecule has 5 nitrogen and oxygen atoms in total. The van der Waals surface area contributed by atoms with Gasteiger partial charge in [0.15, 0.2) is 5.96 Å². The van der Waals surface area contributed by atoms with Crippen LogP contribution < -0.4 is 15.4 Å². The summed E-state index contributed by atoms with van der Waals surface area (Å²) in [6.07, 6.45) is 6.55. The average Bonchev–Trinajstić information content (AvgIpc) is 3.16. The fourth-order valence-corrected chi connectivity index (χ4v) is 2.92. The lowest BCUT2D eigenvalue weighted by Gasteiger charge is -2.20. The lowest BCUT2D eigenvalue weighted by molar-refractivity contribution is 0.221. The molecule has 1 aromatic carbocycles. The van der Waals surface area contributed by atoms with Gasteiger partial charge in [0.25, 0.3) is 0 Å². The first kappa shape index (κ1) is 19.3. The summed E-state index contributed by atoms with van der Waals surface area (Å²) >= 11 is 0. The molecule has 0 radical (unpaired) electrons. The first-order valence-corrected chi connectivity index (χ1v) is 9.32. The van der Waals surface area contributed by atoms with Crippen LogP contribution in [0.4, 0.5) is 0 Å². The summed E-state index contributed by atoms with van der Waals surface area (Å²) in [6.45, 7) is 8.83. The second-order valence-corrected chi connectivity index (χ2v) is 6.19. The van der Waals surface area contributed by atoms with Crippen LogP contribution in [0, 0.1) is 0 Å². The lowest BCUT2D eigenvalue weighted by atomic mass is 10.2. The van der Waals surface area contributed by atoms with Gasteiger partial charge in [0.1, 0.15) is 12.4 Å². The number of rotatable bonds is 9. The number of hydrogen-bond acceptors (Lipinski definition) is 3. The number of likely N-dealkylation sites (N-methyl/N-ethyl adjacent to an activating group) is 1. The Morgan fingerprint density at radius 2 is 1.92 bits per heavy atom. The minimum Gasteiger partial charge on any atom is -0.492 e. The highest BCUT2D eigenvalue weighted by Gasteiger charge is 2.12. The summed E-state index contributed by atoms with van der Waals surface area (Å²) in [5.41, 5.74) is 1.15. The Hall–Kier alpha value is -2.01. The van der Waals surface area contributed by atoms with Crippen LogP contribution in [0.1, 0.15) is 32.3 Å². The second-order valence-electron chi connectivity index (χ2n) is 6.19. The predicted octanol–water partition coefficient (Wildman–Crippen LogP) is 2.79. The molecule has 0 fully saturated rings. The van der Waals surface area contributed by atoms with E-state index in [1.807, 2.05) is 25.2 Å². The van der Waals surface area contributed by atoms with Crippen molar-refractivity contribution in [1.82, 2.24) is 15.5 Å². The maximum absolute atomic E-state index is 6.02. The Balaban J connectivity index is 1.84. The maximum atomic E-state index is 6.02. The minimum atomic E-state index is 0.451. The van der Waals surface area contributed by atoms with Crippen molar-refractivity contribution in [3.8, 4) is 5.75 Å². The molecule has 0 unspecified atom stereocenters. The molecule has 5 heteroatoms. The predicted molar refractivity (Wildman–Crippen MR) is 105 cm³/mol. The SMILES string of the molecule is CCN(CC)CCOc1ccccc1CNC(=NC)NC1CC=CC1. The summed E-state index contributed by atoms with van der Waals surface area (Å²) in [6, 6.07) is 8.66. The van der Waals surface area contributed by atoms with Crippen LogP contribution in [0.5, 0.6) is 5.75 Å². The molecule has 1 aliphatic carbocycles. The molecule has 0 amide bonds. The molecule has 0 aliphatic heterocycles. The molecular weight excluding hydrogens is 312 g/mol. The van der Waals surface area contributed by atoms with Crippen molar-refractivity contribution >= 4 is 5.96 Å². The molecule has 1 aliphatic rings. The summed E-state index contributed by atoms with van der Waals surface area (Å²) in [5.74, 6) is 1.78. The normalized spacial score (nSPS) is 15.0. The van der Waals surface area contributed by atoms with E-state index in [-0.39, 0.29) is 0 Å². The molecule has 138 valence electrons. The van der Waals surface area contributed by atoms with Crippen molar-refractivity contribution in [3.05, 3.63) is 42.0 Å². The van der Waals surface area contributed by atoms with Crippen molar-refractivity contribution in [2.45, 2.75) is 39.3 Å². The third kappa shape index (κ3) is 6.42. The lowest BCUT2D eigenvalue weighted by Crippen LogP contribution is -2.42. The highest BCUT2D eigenvalue weighted by Crippen LogP contribution is 2.17. The van der Waals surface area contributed by atoms with E-state index in [4.69, 9.17) is 4.74 Å². The largest absolute Gasteiger partial charge is 0.492 e. The summed E-state index contributed by atoms with van der Waals surface area (Å²) in [4.78, 5) is 6.69. The zero-order valence-electron chi connectivity index (χ0n) is 15.8. The highest BCUT2D eigenvalue weighted by molar-refractivity contribution is 5.80. The van der Waals surface area contributed by atoms with E-state index in [0.29, 0.717) is 19.2 Å². The Morgan fingerprint density at radius 1 is 1.20 bits per heavy atom. The van der Waals surface area contributed by atoms with Gasteiger partial charge in [-0.25, -0.2) is 0 Å². The zero-order chi connectivity index (χ0) is 17.9. The molecule has 0 heterocycles. The molecule has 25 heavy (non-hydrogen) atoms. The van der Waals surface area contributed by atoms with Gasteiger partial charge in [-0.05, 0) is 32.0 Å². The zero-order valence-corrected chi connectivity index (χ0v) is 15.8. The number of nitrogens with zero attached hydrogens (tertiary/aromatic N) is 2. The van der Waals surface area contributed by atoms with Crippen molar-refractivity contribution < 1.29 is 4.74 Å². The number of nitrogens with one attached hydrogen (secondary N) is 2. The molecule has 0 atom stereocenters. The van der Waals surface area contributed by atoms with Gasteiger partial charge in [-0.3, -0.25) is 4.99 Å². The Morgan fingerprint density at radius 3 is 2.60 bits per heavy atom. The number of para-hydroxylation sites is 1. The van der Waals surface area contributed by atoms with E-state index in [0.717, 1.165) is 49.7 Å². The first-order valence-electron chi connectivity index (χ1n) is 9.32. The van der Waals surface area contributed by atoms with E-state index in [2.05, 4.69) is 52.6 Å². The number of guanidine groups is 1. The van der Waals surface area contributed by atoms with Crippen LogP contribution in [0.3, 0.4) is 0 Å². The van der Waals surface area contributed by atoms with E-state index < -0.39 is 0 Å². The number of hydrogen-bond donors (Lipinski definition) is 2. The average molecular weight is 345 g/mol. The molecule has 1 aromatic rings. The number of aliphatic imine (C=N–C) groups is 1. The van der Waals surface area contributed by atoms with Gasteiger partial charge in [0, 0.05) is 31.7 Å². The fourth-order valence-electron chi connectivity index (χ4n) is 2.92. The first-order chi connectivity index (χ1) is 12.3. The molecule has 0 aromatic heterocycles. The van der Waals surface area contributed by atoms with Gasteiger partial charge in [-0.15, -0.1) is 0 Å². The summed E-state index contributed by atoms with van der Waals surface area (Å²) in [7, 11) is 1.81. The van der Waals surface area contributed by atoms with E-state index in [1.54, 1.807) is 0 Å². The topological polar surface area (TPSA) is 48.9 Å². The van der Waals surface area contributed by atoms with Gasteiger partial charge >= 0.3 is 0 Å². The Labute approximate surface area is 152 Å². The molecular formula is C20H32N4O. The molecule has 0 spiro atoms. The van der Waals surface area contributed by atoms with E-state index in [1.165, 1.54) is 0 Å². The Kier molecular flexibility index (Phi) is 8.32. The fraction of sp³-hybridized carbons (Fsp3) is 0.550. The third-order valence-electron chi connectivity index (χ3n) is 4.55. The van der Waals surface area contributed by atoms with Gasteiger partial charge < -0.3 is 20.3 Å². The summed E-state index contributed by atoms with van der Waals surface area (Å²) < 4.78 is 6.02. The standard InChI is InChI=1S/C20H32N4O/c1-4-24(5-2)14-15-25-19-13-9-6-10-17(19)16-22-20(21-3)23-18-11-7-8-12-18/h6-10,13,18H,4-5,11-12,14-16H2,1-3H3,(H2,21,22,23). The van der Waals surface area contributed by atoms with Crippen LogP contribution in [0.25, 0.3) is 0 Å². The van der Waals surface area contributed by atoms with Crippen LogP contribution in [0.15, 0.2) is 41.4 Å². The quantitative estimate of drug-likeness (QED) is 0.411. The van der Waals surface area contributed by atoms with Gasteiger partial charge in [0.05, 0.1) is 0 Å². The molecule has 0 bridgehead atoms. The molecule has 0 saturated heterocycles. The molecule has 2 rings (SSSR count). The summed E-state index contributed by atoms with van der Waals surface area (Å²) in [5, 5.41) is 6.85. The second kappa shape index (κ2) is 10.8. The van der Waals surface area contributed by atoms with Crippen LogP contribution in [-0.4, -0.2) is 50.2 Å².